The molecule has 24 heteroatoms. The van der Waals surface area contributed by atoms with E-state index in [1.54, 1.807) is 20.8 Å². The van der Waals surface area contributed by atoms with Crippen molar-refractivity contribution in [3.8, 4) is 11.5 Å². The largest absolute Gasteiger partial charge is 0.493 e. The summed E-state index contributed by atoms with van der Waals surface area (Å²) >= 11 is 1.12. The number of nitrogens with one attached hydrogen (secondary N) is 2. The van der Waals surface area contributed by atoms with Crippen LogP contribution in [0.3, 0.4) is 0 Å². The van der Waals surface area contributed by atoms with Crippen LogP contribution in [0.1, 0.15) is 58.9 Å². The van der Waals surface area contributed by atoms with E-state index in [0.29, 0.717) is 0 Å². The molecule has 23 nitrogen and oxygen atoms in total. The molecule has 2 amide bonds. The Labute approximate surface area is 361 Å². The minimum atomic E-state index is -1.88. The van der Waals surface area contributed by atoms with Crippen molar-refractivity contribution in [2.45, 2.75) is 132 Å². The van der Waals surface area contributed by atoms with Gasteiger partial charge >= 0.3 is 18.0 Å². The van der Waals surface area contributed by atoms with Gasteiger partial charge < -0.3 is 74.1 Å². The average Bonchev–Trinajstić information content (AvgIpc) is 3.20. The van der Waals surface area contributed by atoms with E-state index >= 15 is 0 Å². The van der Waals surface area contributed by atoms with Crippen molar-refractivity contribution < 1.29 is 92.3 Å². The molecule has 1 aromatic carbocycles. The van der Waals surface area contributed by atoms with Crippen molar-refractivity contribution in [3.63, 3.8) is 0 Å². The highest BCUT2D eigenvalue weighted by Gasteiger charge is 2.53. The van der Waals surface area contributed by atoms with Crippen molar-refractivity contribution in [1.29, 1.82) is 0 Å². The van der Waals surface area contributed by atoms with Gasteiger partial charge in [-0.2, -0.15) is 11.8 Å². The number of ether oxygens (including phenoxy) is 8. The molecule has 0 aliphatic carbocycles. The van der Waals surface area contributed by atoms with Gasteiger partial charge in [0.25, 0.3) is 11.6 Å². The molecule has 350 valence electrons. The lowest BCUT2D eigenvalue weighted by Gasteiger charge is -2.45. The summed E-state index contributed by atoms with van der Waals surface area (Å²) in [6, 6.07) is 1.52. The molecule has 2 fully saturated rings. The lowest BCUT2D eigenvalue weighted by molar-refractivity contribution is -0.385. The highest BCUT2D eigenvalue weighted by molar-refractivity contribution is 7.98. The number of esters is 1. The normalized spacial score (nSPS) is 26.7. The number of nitro benzene ring substituents is 1. The van der Waals surface area contributed by atoms with Crippen LogP contribution in [0.5, 0.6) is 11.5 Å². The first-order valence-corrected chi connectivity index (χ1v) is 20.7. The SMILES string of the molecule is COC(=O)C(CSCc1cc(OC)c(OCCCC(=O)CCCNC(=O)C2OC(OC3C(C(=O)O)OC(C)C(O)C3O)C(O)C(O)C2OC)cc1[N+](=O)[O-])NC(=O)OC(C)(C)C. The highest BCUT2D eigenvalue weighted by Crippen LogP contribution is 2.37. The highest BCUT2D eigenvalue weighted by atomic mass is 32.2. The summed E-state index contributed by atoms with van der Waals surface area (Å²) in [7, 11) is 3.66. The van der Waals surface area contributed by atoms with Gasteiger partial charge in [-0.3, -0.25) is 19.7 Å². The number of hydrogen-bond acceptors (Lipinski definition) is 20. The Balaban J connectivity index is 1.50. The molecule has 0 bridgehead atoms. The fourth-order valence-corrected chi connectivity index (χ4v) is 7.36. The number of carbonyl (C=O) groups is 5. The number of rotatable bonds is 22. The third kappa shape index (κ3) is 14.6. The van der Waals surface area contributed by atoms with E-state index < -0.39 is 102 Å². The zero-order chi connectivity index (χ0) is 46.5. The number of carboxylic acid groups (broad SMARTS) is 1. The summed E-state index contributed by atoms with van der Waals surface area (Å²) in [5.41, 5.74) is -0.850. The summed E-state index contributed by atoms with van der Waals surface area (Å²) in [5, 5.41) is 68.7. The number of benzene rings is 1. The minimum Gasteiger partial charge on any atom is -0.493 e. The number of hydrogen-bond donors (Lipinski definition) is 7. The van der Waals surface area contributed by atoms with Gasteiger partial charge in [-0.05, 0) is 46.6 Å². The number of aliphatic hydroxyl groups excluding tert-OH is 4. The number of carbonyl (C=O) groups excluding carboxylic acids is 4. The molecule has 2 aliphatic heterocycles. The van der Waals surface area contributed by atoms with E-state index in [-0.39, 0.29) is 78.9 Å². The van der Waals surface area contributed by atoms with Gasteiger partial charge in [-0.1, -0.05) is 0 Å². The fourth-order valence-electron chi connectivity index (χ4n) is 6.34. The van der Waals surface area contributed by atoms with Crippen LogP contribution in [0.2, 0.25) is 0 Å². The number of Topliss-reactive ketones (excluding diaryl/α,β-unsaturated/α-hetero) is 1. The quantitative estimate of drug-likeness (QED) is 0.0348. The predicted octanol–water partition coefficient (Wildman–Crippen LogP) is -0.0320. The van der Waals surface area contributed by atoms with Gasteiger partial charge in [-0.25, -0.2) is 14.4 Å². The molecule has 2 heterocycles. The summed E-state index contributed by atoms with van der Waals surface area (Å²) < 4.78 is 42.6. The van der Waals surface area contributed by atoms with Crippen LogP contribution < -0.4 is 20.1 Å². The molecule has 11 unspecified atom stereocenters. The van der Waals surface area contributed by atoms with Crippen molar-refractivity contribution in [3.05, 3.63) is 27.8 Å². The number of methoxy groups -OCH3 is 3. The van der Waals surface area contributed by atoms with Crippen LogP contribution in [0.15, 0.2) is 12.1 Å². The van der Waals surface area contributed by atoms with Crippen LogP contribution in [0, 0.1) is 10.1 Å². The molecule has 1 aromatic rings. The van der Waals surface area contributed by atoms with Gasteiger partial charge in [0.1, 0.15) is 54.0 Å². The van der Waals surface area contributed by atoms with Crippen molar-refractivity contribution in [1.82, 2.24) is 10.6 Å². The first kappa shape index (κ1) is 51.9. The van der Waals surface area contributed by atoms with Crippen LogP contribution in [0.25, 0.3) is 0 Å². The van der Waals surface area contributed by atoms with E-state index in [1.165, 1.54) is 26.2 Å². The number of nitrogens with zero attached hydrogens (tertiary/aromatic N) is 1. The maximum absolute atomic E-state index is 13.1. The van der Waals surface area contributed by atoms with E-state index in [0.717, 1.165) is 26.0 Å². The van der Waals surface area contributed by atoms with Gasteiger partial charge in [0, 0.05) is 43.6 Å². The molecule has 2 saturated heterocycles. The summed E-state index contributed by atoms with van der Waals surface area (Å²) in [6.45, 7) is 6.28. The number of nitro groups is 1. The summed E-state index contributed by atoms with van der Waals surface area (Å²) in [4.78, 5) is 73.5. The van der Waals surface area contributed by atoms with Crippen molar-refractivity contribution in [2.75, 3.05) is 40.2 Å². The third-order valence-corrected chi connectivity index (χ3v) is 10.6. The standard InChI is InChI=1S/C38H57N3O20S/c1-18-25(43)26(44)30(32(58-18)34(48)49)59-36-28(46)27(45)29(55-6)31(60-36)33(47)39-12-8-10-20(42)11-9-13-57-24-15-22(41(52)53)19(14-23(24)54-5)16-62-17-21(35(50)56-7)40-37(51)61-38(2,3)4/h14-15,18,21,25-32,36,43-46H,8-13,16-17H2,1-7H3,(H,39,47)(H,40,51)(H,48,49). The van der Waals surface area contributed by atoms with E-state index in [9.17, 15) is 59.6 Å². The van der Waals surface area contributed by atoms with Crippen LogP contribution in [0.4, 0.5) is 10.5 Å². The Bertz CT molecular complexity index is 1710. The number of thioether (sulfide) groups is 1. The number of ketones is 1. The average molecular weight is 908 g/mol. The molecule has 0 radical (unpaired) electrons. The van der Waals surface area contributed by atoms with E-state index in [4.69, 9.17) is 37.9 Å². The maximum atomic E-state index is 13.1. The molecular weight excluding hydrogens is 850 g/mol. The van der Waals surface area contributed by atoms with Crippen LogP contribution >= 0.6 is 11.8 Å². The van der Waals surface area contributed by atoms with Gasteiger partial charge in [0.15, 0.2) is 30.0 Å². The van der Waals surface area contributed by atoms with E-state index in [1.807, 2.05) is 0 Å². The molecule has 0 aromatic heterocycles. The zero-order valence-corrected chi connectivity index (χ0v) is 36.2. The minimum absolute atomic E-state index is 0.00594. The van der Waals surface area contributed by atoms with Crippen LogP contribution in [-0.4, -0.2) is 173 Å². The Morgan fingerprint density at radius 1 is 0.919 bits per heavy atom. The molecule has 62 heavy (non-hydrogen) atoms. The lowest BCUT2D eigenvalue weighted by Crippen LogP contribution is -2.66. The number of aliphatic carboxylic acids is 1. The first-order chi connectivity index (χ1) is 29.1. The maximum Gasteiger partial charge on any atom is 0.408 e. The van der Waals surface area contributed by atoms with Gasteiger partial charge in [0.2, 0.25) is 0 Å². The molecular formula is C38H57N3O20S. The fraction of sp³-hybridized carbons (Fsp3) is 0.711. The molecule has 0 saturated carbocycles. The second kappa shape index (κ2) is 23.9. The Morgan fingerprint density at radius 3 is 2.18 bits per heavy atom. The molecule has 0 spiro atoms. The molecule has 3 rings (SSSR count). The van der Waals surface area contributed by atoms with Gasteiger partial charge in [-0.15, -0.1) is 0 Å². The lowest BCUT2D eigenvalue weighted by atomic mass is 9.94. The molecule has 7 N–H and O–H groups in total. The van der Waals surface area contributed by atoms with Gasteiger partial charge in [0.05, 0.1) is 37.9 Å². The summed E-state index contributed by atoms with van der Waals surface area (Å²) in [6.07, 6.45) is -16.8. The second-order valence-electron chi connectivity index (χ2n) is 15.3. The Hall–Kier alpha value is -4.40. The Kier molecular flexibility index (Phi) is 20.0. The monoisotopic (exact) mass is 907 g/mol. The molecule has 11 atom stereocenters. The molecule has 2 aliphatic rings. The number of amides is 2. The predicted molar refractivity (Wildman–Crippen MR) is 213 cm³/mol. The smallest absolute Gasteiger partial charge is 0.408 e. The first-order valence-electron chi connectivity index (χ1n) is 19.5. The van der Waals surface area contributed by atoms with Crippen molar-refractivity contribution >= 4 is 47.2 Å². The van der Waals surface area contributed by atoms with E-state index in [2.05, 4.69) is 10.6 Å². The second-order valence-corrected chi connectivity index (χ2v) is 16.3. The Morgan fingerprint density at radius 2 is 1.58 bits per heavy atom. The zero-order valence-electron chi connectivity index (χ0n) is 35.4. The van der Waals surface area contributed by atoms with Crippen molar-refractivity contribution in [2.24, 2.45) is 0 Å². The number of carboxylic acids is 1. The third-order valence-electron chi connectivity index (χ3n) is 9.51. The number of aliphatic hydroxyl groups is 4. The summed E-state index contributed by atoms with van der Waals surface area (Å²) in [5.74, 6) is -2.99. The number of alkyl carbamates (subject to hydrolysis) is 1. The van der Waals surface area contributed by atoms with Crippen LogP contribution in [-0.2, 0) is 53.4 Å². The topological polar surface area (TPSA) is 328 Å².